The van der Waals surface area contributed by atoms with Crippen LogP contribution in [0.2, 0.25) is 0 Å². The number of primary amides is 1. The summed E-state index contributed by atoms with van der Waals surface area (Å²) in [4.78, 5) is 12.6. The first-order valence-corrected chi connectivity index (χ1v) is 10.2. The predicted octanol–water partition coefficient (Wildman–Crippen LogP) is 3.96. The van der Waals surface area contributed by atoms with Gasteiger partial charge >= 0.3 is 0 Å². The van der Waals surface area contributed by atoms with Crippen LogP contribution in [-0.4, -0.2) is 25.1 Å². The minimum atomic E-state index is -0.499. The van der Waals surface area contributed by atoms with E-state index in [9.17, 15) is 4.79 Å². The van der Waals surface area contributed by atoms with Crippen LogP contribution in [-0.2, 0) is 11.3 Å². The molecule has 0 aromatic heterocycles. The van der Waals surface area contributed by atoms with Gasteiger partial charge < -0.3 is 15.2 Å². The van der Waals surface area contributed by atoms with Gasteiger partial charge in [-0.1, -0.05) is 42.5 Å². The summed E-state index contributed by atoms with van der Waals surface area (Å²) in [6, 6.07) is 25.3. The first-order valence-electron chi connectivity index (χ1n) is 10.2. The molecule has 6 nitrogen and oxygen atoms in total. The van der Waals surface area contributed by atoms with Crippen molar-refractivity contribution < 1.29 is 14.3 Å². The summed E-state index contributed by atoms with van der Waals surface area (Å²) >= 11 is 0. The maximum absolute atomic E-state index is 12.6. The Kier molecular flexibility index (Phi) is 6.12. The fourth-order valence-corrected chi connectivity index (χ4v) is 3.66. The number of nitrogens with two attached hydrogens (primary N) is 1. The molecule has 0 radical (unpaired) electrons. The smallest absolute Gasteiger partial charge is 0.250 e. The van der Waals surface area contributed by atoms with Gasteiger partial charge in [0, 0.05) is 17.3 Å². The Balaban J connectivity index is 1.83. The molecule has 0 saturated carbocycles. The number of amides is 1. The Bertz CT molecular complexity index is 1150. The molecule has 3 aromatic carbocycles. The van der Waals surface area contributed by atoms with Crippen LogP contribution >= 0.6 is 0 Å². The van der Waals surface area contributed by atoms with Gasteiger partial charge in [0.2, 0.25) is 0 Å². The molecule has 1 aliphatic rings. The van der Waals surface area contributed by atoms with Gasteiger partial charge in [-0.15, -0.1) is 0 Å². The summed E-state index contributed by atoms with van der Waals surface area (Å²) < 4.78 is 10.6. The summed E-state index contributed by atoms with van der Waals surface area (Å²) in [6.07, 6.45) is 1.77. The first-order chi connectivity index (χ1) is 15.6. The van der Waals surface area contributed by atoms with Gasteiger partial charge in [0.25, 0.3) is 5.91 Å². The van der Waals surface area contributed by atoms with E-state index in [1.165, 1.54) is 0 Å². The average Bonchev–Trinajstić information content (AvgIpc) is 2.84. The molecule has 3 N–H and O–H groups in total. The maximum atomic E-state index is 12.6. The lowest BCUT2D eigenvalue weighted by Crippen LogP contribution is -2.37. The van der Waals surface area contributed by atoms with Gasteiger partial charge in [-0.25, -0.2) is 0 Å². The highest BCUT2D eigenvalue weighted by Gasteiger charge is 2.26. The van der Waals surface area contributed by atoms with E-state index in [0.717, 1.165) is 39.5 Å². The SMILES string of the molecule is COc1ccc(C2=C(c3ccc(OC)cc3)C(C(N)=O)=CN(Cc3ccccc3)N2)cc1. The fourth-order valence-electron chi connectivity index (χ4n) is 3.66. The summed E-state index contributed by atoms with van der Waals surface area (Å²) in [5, 5.41) is 1.88. The molecule has 1 aliphatic heterocycles. The zero-order valence-corrected chi connectivity index (χ0v) is 18.0. The Hall–Kier alpha value is -4.19. The van der Waals surface area contributed by atoms with E-state index in [2.05, 4.69) is 5.43 Å². The van der Waals surface area contributed by atoms with Gasteiger partial charge in [-0.3, -0.25) is 15.2 Å². The van der Waals surface area contributed by atoms with Crippen molar-refractivity contribution in [3.05, 3.63) is 107 Å². The van der Waals surface area contributed by atoms with Crippen molar-refractivity contribution in [3.63, 3.8) is 0 Å². The number of ether oxygens (including phenoxy) is 2. The second-order valence-electron chi connectivity index (χ2n) is 7.34. The fraction of sp³-hybridized carbons (Fsp3) is 0.115. The first kappa shape index (κ1) is 21.1. The maximum Gasteiger partial charge on any atom is 0.250 e. The Labute approximate surface area is 187 Å². The highest BCUT2D eigenvalue weighted by Crippen LogP contribution is 2.35. The quantitative estimate of drug-likeness (QED) is 0.597. The Morgan fingerprint density at radius 1 is 0.844 bits per heavy atom. The normalized spacial score (nSPS) is 13.3. The number of nitrogens with zero attached hydrogens (tertiary/aromatic N) is 1. The number of benzene rings is 3. The highest BCUT2D eigenvalue weighted by molar-refractivity contribution is 6.14. The van der Waals surface area contributed by atoms with E-state index in [1.807, 2.05) is 83.9 Å². The Morgan fingerprint density at radius 3 is 1.94 bits per heavy atom. The number of nitrogens with one attached hydrogen (secondary N) is 1. The topological polar surface area (TPSA) is 76.8 Å². The summed E-state index contributed by atoms with van der Waals surface area (Å²) in [7, 11) is 3.25. The third-order valence-corrected chi connectivity index (χ3v) is 5.28. The standard InChI is InChI=1S/C26H25N3O3/c1-31-21-12-8-19(9-13-21)24-23(26(27)30)17-29(16-18-6-4-3-5-7-18)28-25(24)20-10-14-22(32-2)15-11-20/h3-15,17,28H,16H2,1-2H3,(H2,27,30). The molecule has 0 spiro atoms. The van der Waals surface area contributed by atoms with Crippen LogP contribution < -0.4 is 20.6 Å². The molecule has 1 amide bonds. The van der Waals surface area contributed by atoms with Crippen molar-refractivity contribution in [1.82, 2.24) is 10.4 Å². The van der Waals surface area contributed by atoms with Gasteiger partial charge in [-0.2, -0.15) is 0 Å². The van der Waals surface area contributed by atoms with Crippen molar-refractivity contribution in [2.24, 2.45) is 5.73 Å². The van der Waals surface area contributed by atoms with Gasteiger partial charge in [0.1, 0.15) is 11.5 Å². The molecule has 0 saturated heterocycles. The average molecular weight is 428 g/mol. The molecule has 1 heterocycles. The van der Waals surface area contributed by atoms with Crippen molar-refractivity contribution in [2.45, 2.75) is 6.54 Å². The van der Waals surface area contributed by atoms with Gasteiger partial charge in [-0.05, 0) is 47.5 Å². The van der Waals surface area contributed by atoms with Crippen molar-refractivity contribution >= 4 is 17.2 Å². The van der Waals surface area contributed by atoms with E-state index in [-0.39, 0.29) is 0 Å². The summed E-state index contributed by atoms with van der Waals surface area (Å²) in [5.41, 5.74) is 14.1. The molecule has 4 rings (SSSR count). The lowest BCUT2D eigenvalue weighted by Gasteiger charge is -2.32. The zero-order valence-electron chi connectivity index (χ0n) is 18.0. The molecule has 162 valence electrons. The lowest BCUT2D eigenvalue weighted by atomic mass is 9.92. The van der Waals surface area contributed by atoms with Crippen molar-refractivity contribution in [3.8, 4) is 11.5 Å². The highest BCUT2D eigenvalue weighted by atomic mass is 16.5. The third-order valence-electron chi connectivity index (χ3n) is 5.28. The lowest BCUT2D eigenvalue weighted by molar-refractivity contribution is -0.114. The van der Waals surface area contributed by atoms with Crippen LogP contribution in [0.1, 0.15) is 16.7 Å². The zero-order chi connectivity index (χ0) is 22.5. The molecular weight excluding hydrogens is 402 g/mol. The van der Waals surface area contributed by atoms with Gasteiger partial charge in [0.15, 0.2) is 0 Å². The van der Waals surface area contributed by atoms with Crippen LogP contribution in [0.5, 0.6) is 11.5 Å². The van der Waals surface area contributed by atoms with Crippen molar-refractivity contribution in [1.29, 1.82) is 0 Å². The van der Waals surface area contributed by atoms with E-state index >= 15 is 0 Å². The van der Waals surface area contributed by atoms with E-state index in [1.54, 1.807) is 20.4 Å². The summed E-state index contributed by atoms with van der Waals surface area (Å²) in [5.74, 6) is 0.990. The van der Waals surface area contributed by atoms with Crippen LogP contribution in [0.4, 0.5) is 0 Å². The van der Waals surface area contributed by atoms with E-state index in [0.29, 0.717) is 12.1 Å². The molecule has 0 unspecified atom stereocenters. The Morgan fingerprint density at radius 2 is 1.41 bits per heavy atom. The van der Waals surface area contributed by atoms with E-state index in [4.69, 9.17) is 15.2 Å². The van der Waals surface area contributed by atoms with Gasteiger partial charge in [0.05, 0.1) is 32.0 Å². The molecule has 32 heavy (non-hydrogen) atoms. The van der Waals surface area contributed by atoms with Crippen LogP contribution in [0.25, 0.3) is 11.3 Å². The van der Waals surface area contributed by atoms with Crippen LogP contribution in [0.3, 0.4) is 0 Å². The molecule has 3 aromatic rings. The number of carbonyl (C=O) groups excluding carboxylic acids is 1. The van der Waals surface area contributed by atoms with E-state index < -0.39 is 5.91 Å². The molecule has 6 heteroatoms. The third kappa shape index (κ3) is 4.44. The van der Waals surface area contributed by atoms with Crippen molar-refractivity contribution in [2.75, 3.05) is 14.2 Å². The minimum absolute atomic E-state index is 0.427. The number of hydrogen-bond donors (Lipinski definition) is 2. The van der Waals surface area contributed by atoms with Crippen LogP contribution in [0.15, 0.2) is 90.6 Å². The minimum Gasteiger partial charge on any atom is -0.497 e. The molecule has 0 bridgehead atoms. The van der Waals surface area contributed by atoms with Crippen LogP contribution in [0, 0.1) is 0 Å². The number of carbonyl (C=O) groups is 1. The number of hydrogen-bond acceptors (Lipinski definition) is 5. The molecule has 0 atom stereocenters. The number of hydrazine groups is 1. The second-order valence-corrected chi connectivity index (χ2v) is 7.34. The summed E-state index contributed by atoms with van der Waals surface area (Å²) in [6.45, 7) is 0.563. The number of methoxy groups -OCH3 is 2. The largest absolute Gasteiger partial charge is 0.497 e. The second kappa shape index (κ2) is 9.31. The predicted molar refractivity (Wildman–Crippen MR) is 125 cm³/mol. The molecule has 0 aliphatic carbocycles. The number of rotatable bonds is 7. The monoisotopic (exact) mass is 427 g/mol. The molecule has 0 fully saturated rings. The molecular formula is C26H25N3O3.